The van der Waals surface area contributed by atoms with Gasteiger partial charge in [-0.1, -0.05) is 41.0 Å². The van der Waals surface area contributed by atoms with Crippen molar-refractivity contribution in [3.63, 3.8) is 0 Å². The summed E-state index contributed by atoms with van der Waals surface area (Å²) in [6.07, 6.45) is 7.20. The summed E-state index contributed by atoms with van der Waals surface area (Å²) >= 11 is 0. The first kappa shape index (κ1) is 27.7. The summed E-state index contributed by atoms with van der Waals surface area (Å²) in [5, 5.41) is 2.96. The molecule has 1 aliphatic heterocycles. The smallest absolute Gasteiger partial charge is 0.329 e. The highest BCUT2D eigenvalue weighted by atomic mass is 16.5. The zero-order chi connectivity index (χ0) is 26.6. The van der Waals surface area contributed by atoms with Crippen LogP contribution in [-0.2, 0) is 19.1 Å². The van der Waals surface area contributed by atoms with Gasteiger partial charge in [0.25, 0.3) is 0 Å². The summed E-state index contributed by atoms with van der Waals surface area (Å²) in [6.45, 7) is 11.9. The van der Waals surface area contributed by atoms with Crippen LogP contribution in [0, 0.1) is 29.1 Å². The van der Waals surface area contributed by atoms with E-state index in [1.807, 2.05) is 34.6 Å². The number of ether oxygens (including phenoxy) is 1. The van der Waals surface area contributed by atoms with Crippen LogP contribution in [0.3, 0.4) is 0 Å². The van der Waals surface area contributed by atoms with Crippen LogP contribution in [-0.4, -0.2) is 63.7 Å². The monoisotopic (exact) mass is 500 g/mol. The molecule has 2 fully saturated rings. The van der Waals surface area contributed by atoms with Gasteiger partial charge in [-0.25, -0.2) is 9.78 Å². The molecule has 3 rings (SSSR count). The van der Waals surface area contributed by atoms with Gasteiger partial charge in [0.15, 0.2) is 5.78 Å². The van der Waals surface area contributed by atoms with Gasteiger partial charge in [-0.3, -0.25) is 19.4 Å². The molecule has 9 heteroatoms. The van der Waals surface area contributed by atoms with E-state index in [0.29, 0.717) is 6.54 Å². The molecule has 36 heavy (non-hydrogen) atoms. The minimum atomic E-state index is -0.853. The number of ketones is 1. The molecule has 0 spiro atoms. The molecule has 1 aliphatic carbocycles. The Morgan fingerprint density at radius 1 is 1.17 bits per heavy atom. The highest BCUT2D eigenvalue weighted by Gasteiger charge is 2.52. The topological polar surface area (TPSA) is 119 Å². The molecule has 2 heterocycles. The predicted molar refractivity (Wildman–Crippen MR) is 134 cm³/mol. The number of nitrogens with one attached hydrogen (secondary N) is 1. The zero-order valence-corrected chi connectivity index (χ0v) is 22.3. The van der Waals surface area contributed by atoms with Gasteiger partial charge in [0.1, 0.15) is 17.8 Å². The van der Waals surface area contributed by atoms with Gasteiger partial charge >= 0.3 is 5.97 Å². The van der Waals surface area contributed by atoms with Crippen LogP contribution in [0.5, 0.6) is 0 Å². The maximum Gasteiger partial charge on any atom is 0.329 e. The van der Waals surface area contributed by atoms with E-state index in [1.165, 1.54) is 18.6 Å². The molecule has 9 nitrogen and oxygen atoms in total. The van der Waals surface area contributed by atoms with Crippen molar-refractivity contribution in [3.8, 4) is 0 Å². The number of aromatic nitrogens is 2. The molecule has 0 bridgehead atoms. The van der Waals surface area contributed by atoms with Gasteiger partial charge in [0.2, 0.25) is 11.8 Å². The summed E-state index contributed by atoms with van der Waals surface area (Å²) in [4.78, 5) is 62.7. The molecule has 2 aliphatic rings. The fourth-order valence-corrected chi connectivity index (χ4v) is 5.50. The van der Waals surface area contributed by atoms with Gasteiger partial charge in [0, 0.05) is 31.3 Å². The third kappa shape index (κ3) is 6.10. The quantitative estimate of drug-likeness (QED) is 0.409. The molecule has 1 saturated heterocycles. The second-order valence-electron chi connectivity index (χ2n) is 11.4. The lowest BCUT2D eigenvalue weighted by molar-refractivity contribution is -0.156. The first-order valence-corrected chi connectivity index (χ1v) is 13.0. The number of hydrogen-bond acceptors (Lipinski definition) is 7. The van der Waals surface area contributed by atoms with Gasteiger partial charge in [-0.15, -0.1) is 0 Å². The largest absolute Gasteiger partial charge is 0.464 e. The van der Waals surface area contributed by atoms with E-state index >= 15 is 0 Å². The van der Waals surface area contributed by atoms with E-state index in [2.05, 4.69) is 15.3 Å². The second-order valence-corrected chi connectivity index (χ2v) is 11.4. The fourth-order valence-electron chi connectivity index (χ4n) is 5.50. The first-order valence-electron chi connectivity index (χ1n) is 13.0. The Kier molecular flexibility index (Phi) is 8.84. The molecular formula is C27H40N4O5. The Morgan fingerprint density at radius 3 is 2.47 bits per heavy atom. The average molecular weight is 501 g/mol. The highest BCUT2D eigenvalue weighted by molar-refractivity contribution is 5.98. The van der Waals surface area contributed by atoms with Crippen molar-refractivity contribution in [1.29, 1.82) is 0 Å². The maximum atomic E-state index is 13.9. The van der Waals surface area contributed by atoms with Crippen molar-refractivity contribution in [2.75, 3.05) is 13.2 Å². The third-order valence-corrected chi connectivity index (χ3v) is 7.50. The summed E-state index contributed by atoms with van der Waals surface area (Å²) < 4.78 is 5.35. The van der Waals surface area contributed by atoms with Crippen LogP contribution in [0.2, 0.25) is 0 Å². The van der Waals surface area contributed by atoms with Crippen molar-refractivity contribution >= 4 is 23.6 Å². The Labute approximate surface area is 213 Å². The number of likely N-dealkylation sites (tertiary alicyclic amines) is 1. The molecule has 5 atom stereocenters. The Hall–Kier alpha value is -2.84. The van der Waals surface area contributed by atoms with Crippen molar-refractivity contribution in [1.82, 2.24) is 20.2 Å². The average Bonchev–Trinajstić information content (AvgIpc) is 3.41. The van der Waals surface area contributed by atoms with Crippen LogP contribution < -0.4 is 5.32 Å². The number of Topliss-reactive ketones (excluding diaryl/α,β-unsaturated/α-hetero) is 1. The lowest BCUT2D eigenvalue weighted by atomic mass is 9.83. The van der Waals surface area contributed by atoms with E-state index < -0.39 is 23.4 Å². The molecular weight excluding hydrogens is 460 g/mol. The maximum absolute atomic E-state index is 13.9. The molecule has 1 saturated carbocycles. The lowest BCUT2D eigenvalue weighted by Crippen LogP contribution is -2.58. The van der Waals surface area contributed by atoms with Crippen molar-refractivity contribution in [2.45, 2.75) is 79.3 Å². The molecule has 1 aromatic heterocycles. The van der Waals surface area contributed by atoms with Crippen molar-refractivity contribution in [2.24, 2.45) is 29.1 Å². The van der Waals surface area contributed by atoms with Crippen LogP contribution in [0.4, 0.5) is 0 Å². The molecule has 2 amide bonds. The summed E-state index contributed by atoms with van der Waals surface area (Å²) in [6, 6.07) is -1.47. The molecule has 198 valence electrons. The number of nitrogens with zero attached hydrogens (tertiary/aromatic N) is 3. The van der Waals surface area contributed by atoms with E-state index in [9.17, 15) is 19.2 Å². The second kappa shape index (κ2) is 11.5. The van der Waals surface area contributed by atoms with Gasteiger partial charge < -0.3 is 15.0 Å². The molecule has 1 unspecified atom stereocenters. The lowest BCUT2D eigenvalue weighted by Gasteiger charge is -2.37. The third-order valence-electron chi connectivity index (χ3n) is 7.50. The van der Waals surface area contributed by atoms with Gasteiger partial charge in [-0.2, -0.15) is 0 Å². The zero-order valence-electron chi connectivity index (χ0n) is 22.3. The summed E-state index contributed by atoms with van der Waals surface area (Å²) in [5.41, 5.74) is -0.402. The predicted octanol–water partition coefficient (Wildman–Crippen LogP) is 3.04. The molecule has 1 aromatic rings. The number of hydrogen-bond donors (Lipinski definition) is 1. The summed E-state index contributed by atoms with van der Waals surface area (Å²) in [5.74, 6) is -1.69. The number of carbonyl (C=O) groups is 4. The first-order chi connectivity index (χ1) is 17.0. The number of fused-ring (bicyclic) bond motifs is 1. The van der Waals surface area contributed by atoms with Crippen LogP contribution in [0.25, 0.3) is 0 Å². The van der Waals surface area contributed by atoms with E-state index in [-0.39, 0.29) is 60.0 Å². The normalized spacial score (nSPS) is 23.2. The van der Waals surface area contributed by atoms with Crippen LogP contribution in [0.15, 0.2) is 18.6 Å². The van der Waals surface area contributed by atoms with Crippen molar-refractivity contribution < 1.29 is 23.9 Å². The Bertz CT molecular complexity index is 959. The Morgan fingerprint density at radius 2 is 1.89 bits per heavy atom. The number of esters is 1. The highest BCUT2D eigenvalue weighted by Crippen LogP contribution is 2.43. The molecule has 1 N–H and O–H groups in total. The van der Waals surface area contributed by atoms with Gasteiger partial charge in [0.05, 0.1) is 12.8 Å². The summed E-state index contributed by atoms with van der Waals surface area (Å²) in [7, 11) is 0. The van der Waals surface area contributed by atoms with Crippen LogP contribution >= 0.6 is 0 Å². The molecule has 0 radical (unpaired) electrons. The fraction of sp³-hybridized carbons (Fsp3) is 0.704. The van der Waals surface area contributed by atoms with E-state index in [4.69, 9.17) is 4.74 Å². The minimum absolute atomic E-state index is 0.0352. The van der Waals surface area contributed by atoms with Gasteiger partial charge in [-0.05, 0) is 42.9 Å². The minimum Gasteiger partial charge on any atom is -0.464 e. The number of carbonyl (C=O) groups excluding carboxylic acids is 4. The Balaban J connectivity index is 1.81. The van der Waals surface area contributed by atoms with E-state index in [0.717, 1.165) is 19.3 Å². The van der Waals surface area contributed by atoms with E-state index in [1.54, 1.807) is 11.8 Å². The number of amides is 2. The SMILES string of the molecule is CCOC(=O)C1[C@H]2CCC[C@H]2CN1C(=O)[C@@H](NC(=O)[C@@H](CC(=O)c1cnccn1)C(C)C)C(C)(C)C. The van der Waals surface area contributed by atoms with Crippen molar-refractivity contribution in [3.05, 3.63) is 24.3 Å². The molecule has 0 aromatic carbocycles. The number of rotatable bonds is 9. The van der Waals surface area contributed by atoms with Crippen LogP contribution in [0.1, 0.15) is 77.7 Å². The standard InChI is InChI=1S/C27H40N4O5/c1-7-36-26(35)22-18-10-8-9-17(18)15-31(22)25(34)23(27(4,5)6)30-24(33)19(16(2)3)13-21(32)20-14-28-11-12-29-20/h11-12,14,16-19,22-23H,7-10,13,15H2,1-6H3,(H,30,33)/t17-,18-,19-,22?,23+/m0/s1.